The molecule has 0 spiro atoms. The average molecular weight is 390 g/mol. The zero-order valence-corrected chi connectivity index (χ0v) is 13.7. The summed E-state index contributed by atoms with van der Waals surface area (Å²) < 4.78 is 25.4. The van der Waals surface area contributed by atoms with Gasteiger partial charge >= 0.3 is 5.97 Å². The summed E-state index contributed by atoms with van der Waals surface area (Å²) in [5, 5.41) is 9.56. The Hall–Kier alpha value is -1.37. The number of carboxylic acid groups (broad SMARTS) is 1. The van der Waals surface area contributed by atoms with Crippen LogP contribution in [0.4, 0.5) is 0 Å². The van der Waals surface area contributed by atoms with E-state index < -0.39 is 15.8 Å². The minimum absolute atomic E-state index is 0.218. The molecule has 110 valence electrons. The molecule has 0 atom stereocenters. The van der Waals surface area contributed by atoms with Crippen molar-refractivity contribution in [3.8, 4) is 0 Å². The van der Waals surface area contributed by atoms with E-state index in [4.69, 9.17) is 16.7 Å². The summed E-state index contributed by atoms with van der Waals surface area (Å²) in [5.41, 5.74) is 0.249. The highest BCUT2D eigenvalue weighted by atomic mass is 79.9. The van der Waals surface area contributed by atoms with E-state index >= 15 is 0 Å². The Labute approximate surface area is 135 Å². The van der Waals surface area contributed by atoms with E-state index in [0.717, 1.165) is 0 Å². The van der Waals surface area contributed by atoms with Crippen LogP contribution in [0.3, 0.4) is 0 Å². The second kappa shape index (κ2) is 6.17. The van der Waals surface area contributed by atoms with Crippen molar-refractivity contribution in [2.45, 2.75) is 10.6 Å². The molecular weight excluding hydrogens is 380 g/mol. The van der Waals surface area contributed by atoms with Crippen LogP contribution in [0.2, 0.25) is 5.02 Å². The summed E-state index contributed by atoms with van der Waals surface area (Å²) in [6.45, 7) is 0. The molecule has 2 rings (SSSR count). The molecule has 0 aliphatic carbocycles. The Kier molecular flexibility index (Phi) is 4.70. The molecular formula is C14H10BrClO4S. The van der Waals surface area contributed by atoms with E-state index in [1.807, 2.05) is 0 Å². The maximum absolute atomic E-state index is 12.5. The highest BCUT2D eigenvalue weighted by molar-refractivity contribution is 9.10. The van der Waals surface area contributed by atoms with Crippen LogP contribution in [0, 0.1) is 0 Å². The number of benzene rings is 2. The van der Waals surface area contributed by atoms with E-state index in [1.54, 1.807) is 18.2 Å². The second-order valence-corrected chi connectivity index (χ2v) is 7.64. The number of rotatable bonds is 4. The van der Waals surface area contributed by atoms with Crippen molar-refractivity contribution in [1.82, 2.24) is 0 Å². The molecule has 0 unspecified atom stereocenters. The number of aromatic carboxylic acids is 1. The molecule has 0 fully saturated rings. The zero-order chi connectivity index (χ0) is 15.6. The average Bonchev–Trinajstić information content (AvgIpc) is 2.37. The van der Waals surface area contributed by atoms with Gasteiger partial charge in [0.2, 0.25) is 0 Å². The third-order valence-electron chi connectivity index (χ3n) is 2.75. The monoisotopic (exact) mass is 388 g/mol. The molecule has 0 heterocycles. The first-order chi connectivity index (χ1) is 9.79. The summed E-state index contributed by atoms with van der Waals surface area (Å²) in [6.07, 6.45) is 0. The molecule has 2 aromatic rings. The summed E-state index contributed by atoms with van der Waals surface area (Å²) in [6, 6.07) is 10.5. The standard InChI is InChI=1S/C14H10BrClO4S/c15-10-4-5-12(14(17)18)13(7-10)21(19,20)8-9-2-1-3-11(16)6-9/h1-7H,8H2,(H,17,18). The first kappa shape index (κ1) is 16.0. The summed E-state index contributed by atoms with van der Waals surface area (Å²) in [4.78, 5) is 11.0. The molecule has 0 radical (unpaired) electrons. The molecule has 0 saturated heterocycles. The van der Waals surface area contributed by atoms with Crippen LogP contribution in [0.5, 0.6) is 0 Å². The lowest BCUT2D eigenvalue weighted by molar-refractivity contribution is 0.0692. The fourth-order valence-corrected chi connectivity index (χ4v) is 4.15. The normalized spacial score (nSPS) is 11.3. The molecule has 0 aromatic heterocycles. The van der Waals surface area contributed by atoms with Gasteiger partial charge < -0.3 is 5.11 Å². The molecule has 4 nitrogen and oxygen atoms in total. The fraction of sp³-hybridized carbons (Fsp3) is 0.0714. The lowest BCUT2D eigenvalue weighted by Gasteiger charge is -2.09. The van der Waals surface area contributed by atoms with Gasteiger partial charge in [0.05, 0.1) is 16.2 Å². The first-order valence-electron chi connectivity index (χ1n) is 5.79. The minimum atomic E-state index is -3.80. The van der Waals surface area contributed by atoms with Crippen molar-refractivity contribution in [3.63, 3.8) is 0 Å². The van der Waals surface area contributed by atoms with Crippen molar-refractivity contribution in [3.05, 3.63) is 63.1 Å². The van der Waals surface area contributed by atoms with Crippen molar-refractivity contribution >= 4 is 43.3 Å². The van der Waals surface area contributed by atoms with Crippen LogP contribution >= 0.6 is 27.5 Å². The Balaban J connectivity index is 2.49. The van der Waals surface area contributed by atoms with Gasteiger partial charge in [0.15, 0.2) is 9.84 Å². The predicted octanol–water partition coefficient (Wildman–Crippen LogP) is 3.77. The largest absolute Gasteiger partial charge is 0.478 e. The van der Waals surface area contributed by atoms with Crippen LogP contribution in [-0.4, -0.2) is 19.5 Å². The van der Waals surface area contributed by atoms with Gasteiger partial charge in [-0.25, -0.2) is 13.2 Å². The van der Waals surface area contributed by atoms with Crippen molar-refractivity contribution in [2.75, 3.05) is 0 Å². The molecule has 0 saturated carbocycles. The molecule has 7 heteroatoms. The minimum Gasteiger partial charge on any atom is -0.478 e. The van der Waals surface area contributed by atoms with E-state index in [2.05, 4.69) is 15.9 Å². The maximum atomic E-state index is 12.5. The Morgan fingerprint density at radius 1 is 1.19 bits per heavy atom. The molecule has 21 heavy (non-hydrogen) atoms. The number of carboxylic acids is 1. The number of sulfone groups is 1. The summed E-state index contributed by atoms with van der Waals surface area (Å²) >= 11 is 8.99. The van der Waals surface area contributed by atoms with Crippen molar-refractivity contribution in [1.29, 1.82) is 0 Å². The fourth-order valence-electron chi connectivity index (χ4n) is 1.85. The van der Waals surface area contributed by atoms with E-state index in [9.17, 15) is 13.2 Å². The van der Waals surface area contributed by atoms with Crippen LogP contribution in [-0.2, 0) is 15.6 Å². The van der Waals surface area contributed by atoms with Gasteiger partial charge in [0, 0.05) is 9.50 Å². The van der Waals surface area contributed by atoms with Crippen molar-refractivity contribution in [2.24, 2.45) is 0 Å². The quantitative estimate of drug-likeness (QED) is 0.864. The van der Waals surface area contributed by atoms with Crippen LogP contribution in [0.15, 0.2) is 51.8 Å². The zero-order valence-electron chi connectivity index (χ0n) is 10.6. The van der Waals surface area contributed by atoms with Crippen molar-refractivity contribution < 1.29 is 18.3 Å². The molecule has 2 aromatic carbocycles. The smallest absolute Gasteiger partial charge is 0.337 e. The second-order valence-electron chi connectivity index (χ2n) is 4.33. The Morgan fingerprint density at radius 2 is 1.90 bits per heavy atom. The lowest BCUT2D eigenvalue weighted by atomic mass is 10.2. The molecule has 0 aliphatic heterocycles. The molecule has 0 aliphatic rings. The van der Waals surface area contributed by atoms with Crippen LogP contribution in [0.1, 0.15) is 15.9 Å². The SMILES string of the molecule is O=C(O)c1ccc(Br)cc1S(=O)(=O)Cc1cccc(Cl)c1. The van der Waals surface area contributed by atoms with E-state index in [0.29, 0.717) is 15.1 Å². The van der Waals surface area contributed by atoms with Crippen LogP contribution in [0.25, 0.3) is 0 Å². The number of hydrogen-bond acceptors (Lipinski definition) is 3. The van der Waals surface area contributed by atoms with Gasteiger partial charge in [0.25, 0.3) is 0 Å². The van der Waals surface area contributed by atoms with Gasteiger partial charge in [-0.15, -0.1) is 0 Å². The summed E-state index contributed by atoms with van der Waals surface area (Å²) in [5.74, 6) is -1.60. The van der Waals surface area contributed by atoms with Gasteiger partial charge in [-0.2, -0.15) is 0 Å². The van der Waals surface area contributed by atoms with Crippen LogP contribution < -0.4 is 0 Å². The van der Waals surface area contributed by atoms with Gasteiger partial charge in [-0.1, -0.05) is 39.7 Å². The molecule has 0 amide bonds. The lowest BCUT2D eigenvalue weighted by Crippen LogP contribution is -2.11. The summed E-state index contributed by atoms with van der Waals surface area (Å²) in [7, 11) is -3.80. The topological polar surface area (TPSA) is 71.4 Å². The Morgan fingerprint density at radius 3 is 2.52 bits per heavy atom. The highest BCUT2D eigenvalue weighted by Gasteiger charge is 2.23. The first-order valence-corrected chi connectivity index (χ1v) is 8.62. The maximum Gasteiger partial charge on any atom is 0.337 e. The number of carbonyl (C=O) groups is 1. The number of halogens is 2. The molecule has 0 bridgehead atoms. The number of hydrogen-bond donors (Lipinski definition) is 1. The predicted molar refractivity (Wildman–Crippen MR) is 83.4 cm³/mol. The van der Waals surface area contributed by atoms with Gasteiger partial charge in [0.1, 0.15) is 0 Å². The van der Waals surface area contributed by atoms with E-state index in [-0.39, 0.29) is 16.2 Å². The van der Waals surface area contributed by atoms with E-state index in [1.165, 1.54) is 24.3 Å². The van der Waals surface area contributed by atoms with Gasteiger partial charge in [-0.05, 0) is 35.9 Å². The highest BCUT2D eigenvalue weighted by Crippen LogP contribution is 2.25. The van der Waals surface area contributed by atoms with Gasteiger partial charge in [-0.3, -0.25) is 0 Å². The third kappa shape index (κ3) is 3.84. The third-order valence-corrected chi connectivity index (χ3v) is 5.20. The Bertz CT molecular complexity index is 802. The molecule has 1 N–H and O–H groups in total.